The Kier molecular flexibility index (Phi) is 5.64. The largest absolute Gasteiger partial charge is 0.465 e. The van der Waals surface area contributed by atoms with Crippen LogP contribution in [-0.4, -0.2) is 39.9 Å². The summed E-state index contributed by atoms with van der Waals surface area (Å²) in [5.74, 6) is 1.40. The number of imidazole rings is 1. The Morgan fingerprint density at radius 1 is 1.16 bits per heavy atom. The van der Waals surface area contributed by atoms with Crippen LogP contribution >= 0.6 is 0 Å². The normalized spacial score (nSPS) is 20.3. The molecule has 6 heteroatoms. The molecule has 32 heavy (non-hydrogen) atoms. The summed E-state index contributed by atoms with van der Waals surface area (Å²) in [6.07, 6.45) is 3.93. The molecule has 168 valence electrons. The fraction of sp³-hybridized carbons (Fsp3) is 0.462. The highest BCUT2D eigenvalue weighted by Crippen LogP contribution is 2.39. The van der Waals surface area contributed by atoms with Crippen LogP contribution in [0.25, 0.3) is 11.0 Å². The molecule has 1 saturated heterocycles. The first-order valence-corrected chi connectivity index (χ1v) is 11.8. The maximum Gasteiger partial charge on any atom is 0.412 e. The maximum absolute atomic E-state index is 12.0. The number of piperidine rings is 1. The van der Waals surface area contributed by atoms with Crippen molar-refractivity contribution < 1.29 is 9.90 Å². The fourth-order valence-corrected chi connectivity index (χ4v) is 5.56. The van der Waals surface area contributed by atoms with E-state index >= 15 is 0 Å². The number of aryl methyl sites for hydroxylation is 1. The van der Waals surface area contributed by atoms with E-state index < -0.39 is 6.09 Å². The summed E-state index contributed by atoms with van der Waals surface area (Å²) in [7, 11) is 0. The lowest BCUT2D eigenvalue weighted by Gasteiger charge is -2.33. The van der Waals surface area contributed by atoms with Crippen molar-refractivity contribution in [3.8, 4) is 0 Å². The molecule has 3 heterocycles. The predicted octanol–water partition coefficient (Wildman–Crippen LogP) is 5.13. The molecule has 1 fully saturated rings. The molecular formula is C26H32N4O2. The van der Waals surface area contributed by atoms with Crippen LogP contribution in [0.1, 0.15) is 62.0 Å². The number of carbonyl (C=O) groups is 1. The van der Waals surface area contributed by atoms with Gasteiger partial charge < -0.3 is 15.0 Å². The number of carboxylic acid groups (broad SMARTS) is 1. The number of nitrogens with one attached hydrogen (secondary N) is 1. The van der Waals surface area contributed by atoms with Gasteiger partial charge in [0, 0.05) is 23.6 Å². The summed E-state index contributed by atoms with van der Waals surface area (Å²) in [6, 6.07) is 15.1. The van der Waals surface area contributed by atoms with Gasteiger partial charge in [-0.3, -0.25) is 4.90 Å². The summed E-state index contributed by atoms with van der Waals surface area (Å²) in [6.45, 7) is 6.30. The van der Waals surface area contributed by atoms with Crippen LogP contribution in [-0.2, 0) is 12.8 Å². The summed E-state index contributed by atoms with van der Waals surface area (Å²) in [4.78, 5) is 18.7. The Morgan fingerprint density at radius 2 is 1.91 bits per heavy atom. The Morgan fingerprint density at radius 3 is 2.62 bits per heavy atom. The van der Waals surface area contributed by atoms with Crippen LogP contribution in [0.4, 0.5) is 10.5 Å². The minimum absolute atomic E-state index is 0.0135. The average Bonchev–Trinajstić information content (AvgIpc) is 3.20. The number of aromatic nitrogens is 2. The van der Waals surface area contributed by atoms with Crippen LogP contribution in [0.3, 0.4) is 0 Å². The van der Waals surface area contributed by atoms with Gasteiger partial charge >= 0.3 is 6.09 Å². The highest BCUT2D eigenvalue weighted by atomic mass is 16.4. The van der Waals surface area contributed by atoms with Gasteiger partial charge in [0.05, 0.1) is 16.7 Å². The van der Waals surface area contributed by atoms with Crippen molar-refractivity contribution in [3.05, 3.63) is 59.4 Å². The molecule has 2 atom stereocenters. The van der Waals surface area contributed by atoms with Gasteiger partial charge in [0.1, 0.15) is 5.82 Å². The number of fused-ring (bicyclic) bond motifs is 3. The van der Waals surface area contributed by atoms with Gasteiger partial charge in [0.15, 0.2) is 0 Å². The lowest BCUT2D eigenvalue weighted by Crippen LogP contribution is -2.41. The van der Waals surface area contributed by atoms with Crippen molar-refractivity contribution in [1.29, 1.82) is 0 Å². The van der Waals surface area contributed by atoms with Crippen LogP contribution in [0, 0.1) is 0 Å². The standard InChI is InChI=1S/C26H32N4O2/c1-17(16-19-6-4-3-5-7-19)25-28-24-21-9-8-18(2)29(26(31)32)22(21)10-11-23(24)30(25)20-12-14-27-15-13-20/h3-7,10-11,17-18,20,27H,8-9,12-16H2,1-2H3,(H,31,32)/t17-,18-/m0/s1. The number of rotatable bonds is 4. The summed E-state index contributed by atoms with van der Waals surface area (Å²) in [5, 5.41) is 13.3. The molecule has 0 bridgehead atoms. The number of anilines is 1. The zero-order valence-corrected chi connectivity index (χ0v) is 18.9. The minimum atomic E-state index is -0.881. The second-order valence-electron chi connectivity index (χ2n) is 9.38. The summed E-state index contributed by atoms with van der Waals surface area (Å²) in [5.41, 5.74) is 5.36. The Bertz CT molecular complexity index is 1120. The zero-order chi connectivity index (χ0) is 22.2. The first-order valence-electron chi connectivity index (χ1n) is 11.8. The van der Waals surface area contributed by atoms with Crippen LogP contribution < -0.4 is 10.2 Å². The van der Waals surface area contributed by atoms with Crippen molar-refractivity contribution in [2.45, 2.75) is 64.0 Å². The molecule has 3 aromatic rings. The molecule has 0 aliphatic carbocycles. The molecule has 2 aliphatic heterocycles. The van der Waals surface area contributed by atoms with E-state index in [-0.39, 0.29) is 12.0 Å². The van der Waals surface area contributed by atoms with Gasteiger partial charge in [0.25, 0.3) is 0 Å². The Hall–Kier alpha value is -2.86. The molecule has 1 aromatic heterocycles. The predicted molar refractivity (Wildman–Crippen MR) is 128 cm³/mol. The number of benzene rings is 2. The molecule has 0 spiro atoms. The van der Waals surface area contributed by atoms with Gasteiger partial charge in [0.2, 0.25) is 0 Å². The van der Waals surface area contributed by atoms with Crippen molar-refractivity contribution in [2.75, 3.05) is 18.0 Å². The maximum atomic E-state index is 12.0. The van der Waals surface area contributed by atoms with Gasteiger partial charge in [-0.15, -0.1) is 0 Å². The molecule has 0 unspecified atom stereocenters. The molecule has 2 N–H and O–H groups in total. The zero-order valence-electron chi connectivity index (χ0n) is 18.9. The van der Waals surface area contributed by atoms with Crippen molar-refractivity contribution >= 4 is 22.8 Å². The average molecular weight is 433 g/mol. The monoisotopic (exact) mass is 432 g/mol. The SMILES string of the molecule is C[C@@H](Cc1ccccc1)c1nc2c3c(ccc2n1C1CCNCC1)N(C(=O)O)[C@@H](C)CC3. The fourth-order valence-electron chi connectivity index (χ4n) is 5.56. The van der Waals surface area contributed by atoms with Crippen LogP contribution in [0.15, 0.2) is 42.5 Å². The number of nitrogens with zero attached hydrogens (tertiary/aromatic N) is 3. The third kappa shape index (κ3) is 3.66. The van der Waals surface area contributed by atoms with Crippen molar-refractivity contribution in [1.82, 2.24) is 14.9 Å². The third-order valence-electron chi connectivity index (χ3n) is 7.19. The van der Waals surface area contributed by atoms with Gasteiger partial charge in [-0.2, -0.15) is 0 Å². The van der Waals surface area contributed by atoms with Gasteiger partial charge in [-0.25, -0.2) is 9.78 Å². The molecule has 5 rings (SSSR count). The van der Waals surface area contributed by atoms with Crippen molar-refractivity contribution in [3.63, 3.8) is 0 Å². The van der Waals surface area contributed by atoms with E-state index in [0.29, 0.717) is 6.04 Å². The summed E-state index contributed by atoms with van der Waals surface area (Å²) >= 11 is 0. The van der Waals surface area contributed by atoms with Crippen LogP contribution in [0.5, 0.6) is 0 Å². The quantitative estimate of drug-likeness (QED) is 0.600. The highest BCUT2D eigenvalue weighted by Gasteiger charge is 2.32. The topological polar surface area (TPSA) is 70.4 Å². The van der Waals surface area contributed by atoms with E-state index in [2.05, 4.69) is 53.2 Å². The second kappa shape index (κ2) is 8.58. The van der Waals surface area contributed by atoms with E-state index in [1.807, 2.05) is 13.0 Å². The second-order valence-corrected chi connectivity index (χ2v) is 9.38. The van der Waals surface area contributed by atoms with E-state index in [0.717, 1.165) is 73.3 Å². The lowest BCUT2D eigenvalue weighted by atomic mass is 9.95. The summed E-state index contributed by atoms with van der Waals surface area (Å²) < 4.78 is 2.48. The van der Waals surface area contributed by atoms with Gasteiger partial charge in [-0.1, -0.05) is 37.3 Å². The van der Waals surface area contributed by atoms with E-state index in [4.69, 9.17) is 4.98 Å². The minimum Gasteiger partial charge on any atom is -0.465 e. The van der Waals surface area contributed by atoms with E-state index in [1.165, 1.54) is 10.5 Å². The number of hydrogen-bond donors (Lipinski definition) is 2. The molecule has 6 nitrogen and oxygen atoms in total. The molecule has 0 radical (unpaired) electrons. The number of hydrogen-bond acceptors (Lipinski definition) is 3. The Labute approximate surface area is 189 Å². The van der Waals surface area contributed by atoms with Crippen LogP contribution in [0.2, 0.25) is 0 Å². The lowest BCUT2D eigenvalue weighted by molar-refractivity contribution is 0.198. The number of amides is 1. The third-order valence-corrected chi connectivity index (χ3v) is 7.19. The molecule has 1 amide bonds. The molecule has 2 aromatic carbocycles. The van der Waals surface area contributed by atoms with E-state index in [1.54, 1.807) is 0 Å². The van der Waals surface area contributed by atoms with Gasteiger partial charge in [-0.05, 0) is 69.8 Å². The molecular weight excluding hydrogens is 400 g/mol. The Balaban J connectivity index is 1.64. The molecule has 2 aliphatic rings. The van der Waals surface area contributed by atoms with Crippen molar-refractivity contribution in [2.24, 2.45) is 0 Å². The van der Waals surface area contributed by atoms with E-state index in [9.17, 15) is 9.90 Å². The smallest absolute Gasteiger partial charge is 0.412 e. The first-order chi connectivity index (χ1) is 15.5. The molecule has 0 saturated carbocycles. The first kappa shape index (κ1) is 21.0. The highest BCUT2D eigenvalue weighted by molar-refractivity contribution is 5.94.